The van der Waals surface area contributed by atoms with Crippen molar-refractivity contribution < 1.29 is 16.8 Å². The quantitative estimate of drug-likeness (QED) is 0.848. The highest BCUT2D eigenvalue weighted by Gasteiger charge is 2.28. The average molecular weight is 352 g/mol. The lowest BCUT2D eigenvalue weighted by Crippen LogP contribution is -2.18. The molecule has 0 saturated heterocycles. The number of sulfone groups is 2. The summed E-state index contributed by atoms with van der Waals surface area (Å²) in [5, 5.41) is -0.923. The van der Waals surface area contributed by atoms with Gasteiger partial charge in [-0.1, -0.05) is 35.4 Å². The Morgan fingerprint density at radius 2 is 1.00 bits per heavy atom. The van der Waals surface area contributed by atoms with Crippen molar-refractivity contribution in [2.24, 2.45) is 0 Å². The van der Waals surface area contributed by atoms with Gasteiger partial charge in [-0.05, 0) is 51.0 Å². The van der Waals surface area contributed by atoms with Crippen LogP contribution in [0, 0.1) is 27.7 Å². The van der Waals surface area contributed by atoms with Crippen LogP contribution in [0.15, 0.2) is 46.2 Å². The van der Waals surface area contributed by atoms with Gasteiger partial charge in [0.25, 0.3) is 0 Å². The molecule has 23 heavy (non-hydrogen) atoms. The van der Waals surface area contributed by atoms with Crippen LogP contribution in [0.3, 0.4) is 0 Å². The van der Waals surface area contributed by atoms with E-state index in [-0.39, 0.29) is 9.79 Å². The predicted octanol–water partition coefficient (Wildman–Crippen LogP) is 3.13. The molecule has 2 aromatic rings. The van der Waals surface area contributed by atoms with Crippen LogP contribution in [0.4, 0.5) is 0 Å². The zero-order valence-corrected chi connectivity index (χ0v) is 15.3. The van der Waals surface area contributed by atoms with Gasteiger partial charge < -0.3 is 0 Å². The lowest BCUT2D eigenvalue weighted by molar-refractivity contribution is 0.588. The summed E-state index contributed by atoms with van der Waals surface area (Å²) in [6.07, 6.45) is 0. The van der Waals surface area contributed by atoms with Crippen molar-refractivity contribution in [3.8, 4) is 0 Å². The van der Waals surface area contributed by atoms with Gasteiger partial charge >= 0.3 is 0 Å². The molecule has 0 aromatic heterocycles. The van der Waals surface area contributed by atoms with Crippen molar-refractivity contribution in [1.82, 2.24) is 0 Å². The van der Waals surface area contributed by atoms with Crippen LogP contribution in [-0.4, -0.2) is 21.9 Å². The first-order valence-corrected chi connectivity index (χ1v) is 10.4. The molecule has 124 valence electrons. The number of hydrogen-bond acceptors (Lipinski definition) is 4. The Kier molecular flexibility index (Phi) is 4.69. The van der Waals surface area contributed by atoms with Crippen LogP contribution < -0.4 is 0 Å². The molecule has 0 N–H and O–H groups in total. The summed E-state index contributed by atoms with van der Waals surface area (Å²) in [7, 11) is -7.86. The molecule has 6 heteroatoms. The van der Waals surface area contributed by atoms with Crippen molar-refractivity contribution >= 4 is 19.7 Å². The molecule has 4 nitrogen and oxygen atoms in total. The molecular formula is C17H20O4S2. The summed E-state index contributed by atoms with van der Waals surface area (Å²) >= 11 is 0. The van der Waals surface area contributed by atoms with Crippen LogP contribution in [0.2, 0.25) is 0 Å². The van der Waals surface area contributed by atoms with E-state index in [0.717, 1.165) is 11.1 Å². The second kappa shape index (κ2) is 6.09. The Morgan fingerprint density at radius 1 is 0.652 bits per heavy atom. The van der Waals surface area contributed by atoms with Crippen LogP contribution >= 0.6 is 0 Å². The van der Waals surface area contributed by atoms with Gasteiger partial charge in [0, 0.05) is 0 Å². The molecule has 0 radical (unpaired) electrons. The normalized spacial score (nSPS) is 12.3. The Balaban J connectivity index is 2.47. The zero-order chi connectivity index (χ0) is 17.4. The first-order chi connectivity index (χ1) is 10.5. The highest BCUT2D eigenvalue weighted by molar-refractivity contribution is 8.08. The minimum Gasteiger partial charge on any atom is -0.223 e. The lowest BCUT2D eigenvalue weighted by Gasteiger charge is -2.11. The summed E-state index contributed by atoms with van der Waals surface area (Å²) in [5.41, 5.74) is 2.97. The zero-order valence-electron chi connectivity index (χ0n) is 13.6. The SMILES string of the molecule is Cc1ccc(S(=O)(=O)CS(=O)(=O)c2ccc(C)cc2C)c(C)c1. The molecule has 0 aliphatic carbocycles. The molecule has 0 amide bonds. The van der Waals surface area contributed by atoms with Gasteiger partial charge in [0.1, 0.15) is 0 Å². The van der Waals surface area contributed by atoms with Gasteiger partial charge in [-0.3, -0.25) is 0 Å². The molecule has 2 rings (SSSR count). The molecule has 0 bridgehead atoms. The second-order valence-electron chi connectivity index (χ2n) is 5.89. The van der Waals surface area contributed by atoms with Crippen LogP contribution in [0.1, 0.15) is 22.3 Å². The van der Waals surface area contributed by atoms with Gasteiger partial charge in [-0.25, -0.2) is 16.8 Å². The van der Waals surface area contributed by atoms with E-state index in [1.807, 2.05) is 13.8 Å². The summed E-state index contributed by atoms with van der Waals surface area (Å²) in [6, 6.07) is 9.75. The third-order valence-corrected chi connectivity index (χ3v) is 8.38. The molecule has 0 fully saturated rings. The average Bonchev–Trinajstić information content (AvgIpc) is 2.35. The van der Waals surface area contributed by atoms with Crippen molar-refractivity contribution in [2.45, 2.75) is 37.5 Å². The third kappa shape index (κ3) is 3.82. The highest BCUT2D eigenvalue weighted by Crippen LogP contribution is 2.24. The molecular weight excluding hydrogens is 332 g/mol. The lowest BCUT2D eigenvalue weighted by atomic mass is 10.2. The first-order valence-electron chi connectivity index (χ1n) is 7.13. The fourth-order valence-electron chi connectivity index (χ4n) is 2.63. The molecule has 0 unspecified atom stereocenters. The molecule has 2 aromatic carbocycles. The van der Waals surface area contributed by atoms with E-state index in [1.165, 1.54) is 12.1 Å². The molecule has 0 aliphatic heterocycles. The van der Waals surface area contributed by atoms with Crippen molar-refractivity contribution in [3.05, 3.63) is 58.7 Å². The van der Waals surface area contributed by atoms with Crippen LogP contribution in [0.25, 0.3) is 0 Å². The smallest absolute Gasteiger partial charge is 0.193 e. The van der Waals surface area contributed by atoms with E-state index in [9.17, 15) is 16.8 Å². The summed E-state index contributed by atoms with van der Waals surface area (Å²) in [6.45, 7) is 7.05. The van der Waals surface area contributed by atoms with Gasteiger partial charge in [0.05, 0.1) is 9.79 Å². The molecule has 0 saturated carbocycles. The highest BCUT2D eigenvalue weighted by atomic mass is 32.3. The van der Waals surface area contributed by atoms with Gasteiger partial charge in [-0.2, -0.15) is 0 Å². The number of aryl methyl sites for hydroxylation is 4. The van der Waals surface area contributed by atoms with Crippen LogP contribution in [0.5, 0.6) is 0 Å². The second-order valence-corrected chi connectivity index (χ2v) is 10.2. The van der Waals surface area contributed by atoms with Gasteiger partial charge in [-0.15, -0.1) is 0 Å². The maximum atomic E-state index is 12.6. The molecule has 0 spiro atoms. The Labute approximate surface area is 138 Å². The Bertz CT molecular complexity index is 877. The van der Waals surface area contributed by atoms with Gasteiger partial charge in [0.2, 0.25) is 0 Å². The van der Waals surface area contributed by atoms with Crippen molar-refractivity contribution in [2.75, 3.05) is 5.08 Å². The van der Waals surface area contributed by atoms with Gasteiger partial charge in [0.15, 0.2) is 24.8 Å². The topological polar surface area (TPSA) is 68.3 Å². The Hall–Kier alpha value is -1.66. The van der Waals surface area contributed by atoms with E-state index in [2.05, 4.69) is 0 Å². The number of rotatable bonds is 4. The molecule has 0 aliphatic rings. The Morgan fingerprint density at radius 3 is 1.30 bits per heavy atom. The summed E-state index contributed by atoms with van der Waals surface area (Å²) in [4.78, 5) is 0.132. The maximum absolute atomic E-state index is 12.6. The number of benzene rings is 2. The van der Waals surface area contributed by atoms with E-state index < -0.39 is 24.8 Å². The van der Waals surface area contributed by atoms with E-state index in [0.29, 0.717) is 11.1 Å². The maximum Gasteiger partial charge on any atom is 0.193 e. The van der Waals surface area contributed by atoms with E-state index in [1.54, 1.807) is 38.1 Å². The van der Waals surface area contributed by atoms with Crippen molar-refractivity contribution in [1.29, 1.82) is 0 Å². The fraction of sp³-hybridized carbons (Fsp3) is 0.294. The van der Waals surface area contributed by atoms with E-state index in [4.69, 9.17) is 0 Å². The number of hydrogen-bond donors (Lipinski definition) is 0. The predicted molar refractivity (Wildman–Crippen MR) is 91.1 cm³/mol. The monoisotopic (exact) mass is 352 g/mol. The fourth-order valence-corrected chi connectivity index (χ4v) is 6.93. The molecule has 0 heterocycles. The van der Waals surface area contributed by atoms with Crippen LogP contribution in [-0.2, 0) is 19.7 Å². The third-order valence-electron chi connectivity index (χ3n) is 3.64. The minimum atomic E-state index is -3.93. The molecule has 0 atom stereocenters. The van der Waals surface area contributed by atoms with Crippen molar-refractivity contribution in [3.63, 3.8) is 0 Å². The van der Waals surface area contributed by atoms with E-state index >= 15 is 0 Å². The summed E-state index contributed by atoms with van der Waals surface area (Å²) < 4.78 is 50.2. The summed E-state index contributed by atoms with van der Waals surface area (Å²) in [5.74, 6) is 0. The largest absolute Gasteiger partial charge is 0.223 e. The minimum absolute atomic E-state index is 0.0661. The first kappa shape index (κ1) is 17.7. The standard InChI is InChI=1S/C17H20O4S2/c1-12-5-7-16(14(3)9-12)22(18,19)11-23(20,21)17-8-6-13(2)10-15(17)4/h5-10H,11H2,1-4H3.